The van der Waals surface area contributed by atoms with Gasteiger partial charge >= 0.3 is 0 Å². The van der Waals surface area contributed by atoms with Crippen molar-refractivity contribution in [3.8, 4) is 0 Å². The lowest BCUT2D eigenvalue weighted by Crippen LogP contribution is -2.23. The average Bonchev–Trinajstić information content (AvgIpc) is 2.50. The second-order valence-corrected chi connectivity index (χ2v) is 5.96. The van der Waals surface area contributed by atoms with Gasteiger partial charge in [-0.1, -0.05) is 51.5 Å². The van der Waals surface area contributed by atoms with Crippen LogP contribution in [0.15, 0.2) is 30.5 Å². The minimum absolute atomic E-state index is 0.482. The fraction of sp³-hybridized carbons (Fsp3) is 0.500. The molecule has 0 amide bonds. The molecule has 2 rings (SSSR count). The van der Waals surface area contributed by atoms with Crippen LogP contribution in [0.2, 0.25) is 0 Å². The van der Waals surface area contributed by atoms with Gasteiger partial charge in [-0.3, -0.25) is 0 Å². The Kier molecular flexibility index (Phi) is 5.57. The zero-order chi connectivity index (χ0) is 15.2. The van der Waals surface area contributed by atoms with E-state index in [0.29, 0.717) is 6.04 Å². The SMILES string of the molecule is CCCCN(C)c1ncc(CNC(C)C)c2ccccc12. The number of hydrogen-bond acceptors (Lipinski definition) is 3. The van der Waals surface area contributed by atoms with Gasteiger partial charge in [0.25, 0.3) is 0 Å². The summed E-state index contributed by atoms with van der Waals surface area (Å²) in [6, 6.07) is 9.07. The van der Waals surface area contributed by atoms with Crippen LogP contribution < -0.4 is 10.2 Å². The Morgan fingerprint density at radius 3 is 2.57 bits per heavy atom. The molecule has 1 heterocycles. The zero-order valence-electron chi connectivity index (χ0n) is 13.7. The third kappa shape index (κ3) is 3.94. The van der Waals surface area contributed by atoms with Crippen molar-refractivity contribution >= 4 is 16.6 Å². The molecule has 0 saturated heterocycles. The predicted molar refractivity (Wildman–Crippen MR) is 91.9 cm³/mol. The van der Waals surface area contributed by atoms with Crippen molar-refractivity contribution in [2.24, 2.45) is 0 Å². The molecule has 114 valence electrons. The first kappa shape index (κ1) is 15.8. The van der Waals surface area contributed by atoms with Gasteiger partial charge in [0.05, 0.1) is 0 Å². The molecule has 0 aliphatic carbocycles. The standard InChI is InChI=1S/C18H27N3/c1-5-6-11-21(4)18-17-10-8-7-9-16(17)15(13-20-18)12-19-14(2)3/h7-10,13-14,19H,5-6,11-12H2,1-4H3. The molecule has 0 spiro atoms. The van der Waals surface area contributed by atoms with Gasteiger partial charge < -0.3 is 10.2 Å². The van der Waals surface area contributed by atoms with Crippen molar-refractivity contribution in [3.63, 3.8) is 0 Å². The summed E-state index contributed by atoms with van der Waals surface area (Å²) in [5.41, 5.74) is 1.27. The first-order chi connectivity index (χ1) is 10.1. The highest BCUT2D eigenvalue weighted by Gasteiger charge is 2.10. The summed E-state index contributed by atoms with van der Waals surface area (Å²) in [5, 5.41) is 6.04. The van der Waals surface area contributed by atoms with E-state index in [1.807, 2.05) is 6.20 Å². The van der Waals surface area contributed by atoms with Crippen molar-refractivity contribution in [1.29, 1.82) is 0 Å². The minimum Gasteiger partial charge on any atom is -0.359 e. The largest absolute Gasteiger partial charge is 0.359 e. The molecule has 0 fully saturated rings. The van der Waals surface area contributed by atoms with Crippen LogP contribution in [0.3, 0.4) is 0 Å². The number of aromatic nitrogens is 1. The number of nitrogens with zero attached hydrogens (tertiary/aromatic N) is 2. The normalized spacial score (nSPS) is 11.3. The van der Waals surface area contributed by atoms with Gasteiger partial charge in [0, 0.05) is 37.8 Å². The first-order valence-electron chi connectivity index (χ1n) is 7.94. The fourth-order valence-corrected chi connectivity index (χ4v) is 2.50. The number of pyridine rings is 1. The molecule has 1 aromatic heterocycles. The maximum atomic E-state index is 4.72. The lowest BCUT2D eigenvalue weighted by Gasteiger charge is -2.21. The third-order valence-corrected chi connectivity index (χ3v) is 3.77. The van der Waals surface area contributed by atoms with Gasteiger partial charge in [0.2, 0.25) is 0 Å². The molecule has 0 unspecified atom stereocenters. The van der Waals surface area contributed by atoms with E-state index in [-0.39, 0.29) is 0 Å². The lowest BCUT2D eigenvalue weighted by atomic mass is 10.1. The van der Waals surface area contributed by atoms with Gasteiger partial charge in [-0.25, -0.2) is 4.98 Å². The summed E-state index contributed by atoms with van der Waals surface area (Å²) in [4.78, 5) is 6.99. The van der Waals surface area contributed by atoms with Crippen LogP contribution in [0, 0.1) is 0 Å². The van der Waals surface area contributed by atoms with Gasteiger partial charge in [-0.05, 0) is 17.4 Å². The molecule has 3 nitrogen and oxygen atoms in total. The van der Waals surface area contributed by atoms with Crippen LogP contribution in [0.4, 0.5) is 5.82 Å². The number of rotatable bonds is 7. The Labute approximate surface area is 128 Å². The number of benzene rings is 1. The number of hydrogen-bond donors (Lipinski definition) is 1. The number of nitrogens with one attached hydrogen (secondary N) is 1. The highest BCUT2D eigenvalue weighted by atomic mass is 15.2. The molecule has 2 aromatic rings. The number of fused-ring (bicyclic) bond motifs is 1. The van der Waals surface area contributed by atoms with Crippen LogP contribution in [0.5, 0.6) is 0 Å². The predicted octanol–water partition coefficient (Wildman–Crippen LogP) is 3.97. The number of unbranched alkanes of at least 4 members (excludes halogenated alkanes) is 1. The second kappa shape index (κ2) is 7.41. The highest BCUT2D eigenvalue weighted by Crippen LogP contribution is 2.26. The van der Waals surface area contributed by atoms with E-state index >= 15 is 0 Å². The van der Waals surface area contributed by atoms with E-state index in [2.05, 4.69) is 62.3 Å². The maximum Gasteiger partial charge on any atom is 0.136 e. The minimum atomic E-state index is 0.482. The molecule has 1 aromatic carbocycles. The molecular weight excluding hydrogens is 258 g/mol. The fourth-order valence-electron chi connectivity index (χ4n) is 2.50. The van der Waals surface area contributed by atoms with Crippen molar-refractivity contribution < 1.29 is 0 Å². The van der Waals surface area contributed by atoms with Crippen molar-refractivity contribution in [2.45, 2.75) is 46.2 Å². The topological polar surface area (TPSA) is 28.2 Å². The summed E-state index contributed by atoms with van der Waals surface area (Å²) >= 11 is 0. The monoisotopic (exact) mass is 285 g/mol. The summed E-state index contributed by atoms with van der Waals surface area (Å²) in [6.45, 7) is 8.48. The van der Waals surface area contributed by atoms with Gasteiger partial charge in [-0.2, -0.15) is 0 Å². The molecule has 0 saturated carbocycles. The van der Waals surface area contributed by atoms with Crippen LogP contribution in [-0.4, -0.2) is 24.6 Å². The Morgan fingerprint density at radius 1 is 1.19 bits per heavy atom. The smallest absolute Gasteiger partial charge is 0.136 e. The molecule has 3 heteroatoms. The van der Waals surface area contributed by atoms with Gasteiger partial charge in [0.15, 0.2) is 0 Å². The van der Waals surface area contributed by atoms with Gasteiger partial charge in [-0.15, -0.1) is 0 Å². The quantitative estimate of drug-likeness (QED) is 0.834. The first-order valence-corrected chi connectivity index (χ1v) is 7.94. The Hall–Kier alpha value is -1.61. The number of anilines is 1. The lowest BCUT2D eigenvalue weighted by molar-refractivity contribution is 0.590. The van der Waals surface area contributed by atoms with E-state index in [4.69, 9.17) is 4.98 Å². The van der Waals surface area contributed by atoms with Crippen molar-refractivity contribution in [2.75, 3.05) is 18.5 Å². The molecule has 1 N–H and O–H groups in total. The summed E-state index contributed by atoms with van der Waals surface area (Å²) in [6.07, 6.45) is 4.43. The van der Waals surface area contributed by atoms with Crippen LogP contribution in [0.1, 0.15) is 39.2 Å². The van der Waals surface area contributed by atoms with Crippen LogP contribution in [-0.2, 0) is 6.54 Å². The highest BCUT2D eigenvalue weighted by molar-refractivity contribution is 5.94. The van der Waals surface area contributed by atoms with E-state index < -0.39 is 0 Å². The molecular formula is C18H27N3. The van der Waals surface area contributed by atoms with Crippen molar-refractivity contribution in [3.05, 3.63) is 36.0 Å². The summed E-state index contributed by atoms with van der Waals surface area (Å²) < 4.78 is 0. The molecule has 0 aliphatic rings. The summed E-state index contributed by atoms with van der Waals surface area (Å²) in [5.74, 6) is 1.09. The average molecular weight is 285 g/mol. The Morgan fingerprint density at radius 2 is 1.90 bits per heavy atom. The molecule has 21 heavy (non-hydrogen) atoms. The Balaban J connectivity index is 2.34. The van der Waals surface area contributed by atoms with Crippen LogP contribution >= 0.6 is 0 Å². The zero-order valence-corrected chi connectivity index (χ0v) is 13.7. The van der Waals surface area contributed by atoms with E-state index in [9.17, 15) is 0 Å². The van der Waals surface area contributed by atoms with E-state index in [1.165, 1.54) is 29.2 Å². The second-order valence-electron chi connectivity index (χ2n) is 5.96. The maximum absolute atomic E-state index is 4.72. The molecule has 0 atom stereocenters. The van der Waals surface area contributed by atoms with Gasteiger partial charge in [0.1, 0.15) is 5.82 Å². The Bertz CT molecular complexity index is 578. The molecule has 0 radical (unpaired) electrons. The summed E-state index contributed by atoms with van der Waals surface area (Å²) in [7, 11) is 2.14. The molecule has 0 aliphatic heterocycles. The third-order valence-electron chi connectivity index (χ3n) is 3.77. The van der Waals surface area contributed by atoms with Crippen molar-refractivity contribution in [1.82, 2.24) is 10.3 Å². The van der Waals surface area contributed by atoms with E-state index in [0.717, 1.165) is 18.9 Å². The van der Waals surface area contributed by atoms with Crippen LogP contribution in [0.25, 0.3) is 10.8 Å². The van der Waals surface area contributed by atoms with E-state index in [1.54, 1.807) is 0 Å². The molecule has 0 bridgehead atoms.